The van der Waals surface area contributed by atoms with E-state index in [1.807, 2.05) is 33.8 Å². The number of aromatic amines is 1. The minimum atomic E-state index is -0.297. The van der Waals surface area contributed by atoms with Crippen molar-refractivity contribution in [2.45, 2.75) is 43.6 Å². The van der Waals surface area contributed by atoms with Crippen LogP contribution in [0.15, 0.2) is 29.4 Å². The summed E-state index contributed by atoms with van der Waals surface area (Å²) in [6.45, 7) is 7.63. The molecule has 128 valence electrons. The van der Waals surface area contributed by atoms with Crippen molar-refractivity contribution >= 4 is 29.8 Å². The van der Waals surface area contributed by atoms with Crippen LogP contribution in [0.3, 0.4) is 0 Å². The van der Waals surface area contributed by atoms with Crippen LogP contribution >= 0.6 is 11.8 Å². The van der Waals surface area contributed by atoms with E-state index in [1.54, 1.807) is 18.2 Å². The molecule has 0 fully saturated rings. The van der Waals surface area contributed by atoms with Crippen LogP contribution in [-0.4, -0.2) is 31.9 Å². The van der Waals surface area contributed by atoms with E-state index in [1.165, 1.54) is 23.9 Å². The van der Waals surface area contributed by atoms with Gasteiger partial charge in [0.15, 0.2) is 0 Å². The summed E-state index contributed by atoms with van der Waals surface area (Å²) in [5.41, 5.74) is 0.591. The summed E-state index contributed by atoms with van der Waals surface area (Å²) in [4.78, 5) is 16.4. The molecule has 0 spiro atoms. The number of hydrogen-bond donors (Lipinski definition) is 2. The summed E-state index contributed by atoms with van der Waals surface area (Å²) in [7, 11) is 0. The fraction of sp³-hybridized carbons (Fsp3) is 0.353. The molecule has 2 aromatic rings. The first-order chi connectivity index (χ1) is 11.2. The monoisotopic (exact) mass is 348 g/mol. The molecule has 1 aromatic carbocycles. The summed E-state index contributed by atoms with van der Waals surface area (Å²) in [5.74, 6) is 0.249. The number of carbonyl (C=O) groups excluding carboxylic acids is 1. The van der Waals surface area contributed by atoms with E-state index in [9.17, 15) is 9.18 Å². The topological polar surface area (TPSA) is 70.7 Å². The molecule has 2 rings (SSSR count). The van der Waals surface area contributed by atoms with Crippen molar-refractivity contribution in [1.82, 2.24) is 20.5 Å². The highest BCUT2D eigenvalue weighted by molar-refractivity contribution is 8.00. The molecule has 1 amide bonds. The van der Waals surface area contributed by atoms with E-state index >= 15 is 0 Å². The smallest absolute Gasteiger partial charge is 0.233 e. The van der Waals surface area contributed by atoms with Gasteiger partial charge < -0.3 is 5.32 Å². The van der Waals surface area contributed by atoms with Gasteiger partial charge in [-0.3, -0.25) is 9.89 Å². The van der Waals surface area contributed by atoms with Gasteiger partial charge in [-0.2, -0.15) is 0 Å². The van der Waals surface area contributed by atoms with E-state index in [2.05, 4.69) is 20.5 Å². The van der Waals surface area contributed by atoms with Gasteiger partial charge in [-0.15, -0.1) is 5.10 Å². The number of nitrogens with one attached hydrogen (secondary N) is 2. The van der Waals surface area contributed by atoms with Gasteiger partial charge in [0.2, 0.25) is 11.1 Å². The van der Waals surface area contributed by atoms with E-state index < -0.39 is 0 Å². The van der Waals surface area contributed by atoms with Crippen molar-refractivity contribution in [1.29, 1.82) is 0 Å². The average molecular weight is 348 g/mol. The number of rotatable bonds is 5. The molecular formula is C17H21FN4OS. The van der Waals surface area contributed by atoms with Crippen molar-refractivity contribution < 1.29 is 9.18 Å². The van der Waals surface area contributed by atoms with Crippen molar-refractivity contribution in [3.05, 3.63) is 41.5 Å². The summed E-state index contributed by atoms with van der Waals surface area (Å²) >= 11 is 1.29. The Morgan fingerprint density at radius 1 is 1.29 bits per heavy atom. The first-order valence-corrected chi connectivity index (χ1v) is 8.46. The predicted octanol–water partition coefficient (Wildman–Crippen LogP) is 3.51. The Morgan fingerprint density at radius 3 is 2.58 bits per heavy atom. The van der Waals surface area contributed by atoms with Crippen LogP contribution in [0.4, 0.5) is 4.39 Å². The quantitative estimate of drug-likeness (QED) is 0.811. The first-order valence-electron chi connectivity index (χ1n) is 7.58. The number of benzene rings is 1. The number of nitrogens with zero attached hydrogens (tertiary/aromatic N) is 2. The van der Waals surface area contributed by atoms with Gasteiger partial charge in [0.05, 0.1) is 5.25 Å². The molecular weight excluding hydrogens is 327 g/mol. The van der Waals surface area contributed by atoms with Gasteiger partial charge in [-0.25, -0.2) is 9.37 Å². The average Bonchev–Trinajstić information content (AvgIpc) is 2.92. The Bertz CT molecular complexity index is 719. The fourth-order valence-corrected chi connectivity index (χ4v) is 2.55. The third kappa shape index (κ3) is 5.81. The number of halogens is 1. The molecule has 0 saturated carbocycles. The first kappa shape index (κ1) is 18.2. The maximum absolute atomic E-state index is 12.9. The SMILES string of the molecule is CC(Sc1n[nH]c(/C=C/c2ccc(F)cc2)n1)C(=O)NC(C)(C)C. The molecule has 0 aliphatic rings. The number of H-pyrrole nitrogens is 1. The molecule has 1 atom stereocenters. The number of carbonyl (C=O) groups is 1. The van der Waals surface area contributed by atoms with Gasteiger partial charge >= 0.3 is 0 Å². The van der Waals surface area contributed by atoms with Crippen molar-refractivity contribution in [2.24, 2.45) is 0 Å². The van der Waals surface area contributed by atoms with Crippen molar-refractivity contribution in [2.75, 3.05) is 0 Å². The number of amides is 1. The molecule has 2 N–H and O–H groups in total. The number of hydrogen-bond acceptors (Lipinski definition) is 4. The zero-order valence-corrected chi connectivity index (χ0v) is 14.9. The van der Waals surface area contributed by atoms with Crippen LogP contribution in [0.1, 0.15) is 39.1 Å². The molecule has 1 unspecified atom stereocenters. The normalized spacial score (nSPS) is 13.2. The van der Waals surface area contributed by atoms with E-state index in [0.29, 0.717) is 11.0 Å². The second-order valence-electron chi connectivity index (χ2n) is 6.39. The summed E-state index contributed by atoms with van der Waals surface area (Å²) in [6, 6.07) is 6.15. The lowest BCUT2D eigenvalue weighted by Crippen LogP contribution is -2.44. The fourth-order valence-electron chi connectivity index (χ4n) is 1.82. The third-order valence-electron chi connectivity index (χ3n) is 2.94. The molecule has 1 aromatic heterocycles. The molecule has 0 saturated heterocycles. The van der Waals surface area contributed by atoms with Crippen LogP contribution in [0.5, 0.6) is 0 Å². The van der Waals surface area contributed by atoms with Crippen LogP contribution in [0.25, 0.3) is 12.2 Å². The molecule has 0 aliphatic heterocycles. The van der Waals surface area contributed by atoms with E-state index in [4.69, 9.17) is 0 Å². The third-order valence-corrected chi connectivity index (χ3v) is 3.90. The Kier molecular flexibility index (Phi) is 5.77. The second kappa shape index (κ2) is 7.61. The zero-order chi connectivity index (χ0) is 17.7. The standard InChI is InChI=1S/C17H21FN4OS/c1-11(15(23)20-17(2,3)4)24-16-19-14(21-22-16)10-7-12-5-8-13(18)9-6-12/h5-11H,1-4H3,(H,20,23)(H,19,21,22)/b10-7+. The van der Waals surface area contributed by atoms with Gasteiger partial charge in [-0.05, 0) is 51.5 Å². The highest BCUT2D eigenvalue weighted by atomic mass is 32.2. The Hall–Kier alpha value is -2.15. The van der Waals surface area contributed by atoms with Crippen LogP contribution < -0.4 is 5.32 Å². The molecule has 0 bridgehead atoms. The largest absolute Gasteiger partial charge is 0.351 e. The van der Waals surface area contributed by atoms with Gasteiger partial charge in [0, 0.05) is 5.54 Å². The molecule has 0 radical (unpaired) electrons. The maximum atomic E-state index is 12.9. The van der Waals surface area contributed by atoms with E-state index in [-0.39, 0.29) is 22.5 Å². The van der Waals surface area contributed by atoms with Gasteiger partial charge in [0.1, 0.15) is 11.6 Å². The van der Waals surface area contributed by atoms with Crippen LogP contribution in [-0.2, 0) is 4.79 Å². The summed E-state index contributed by atoms with van der Waals surface area (Å²) < 4.78 is 12.9. The lowest BCUT2D eigenvalue weighted by Gasteiger charge is -2.22. The van der Waals surface area contributed by atoms with Gasteiger partial charge in [0.25, 0.3) is 0 Å². The maximum Gasteiger partial charge on any atom is 0.233 e. The molecule has 0 aliphatic carbocycles. The molecule has 7 heteroatoms. The number of thioether (sulfide) groups is 1. The lowest BCUT2D eigenvalue weighted by atomic mass is 10.1. The highest BCUT2D eigenvalue weighted by Crippen LogP contribution is 2.20. The second-order valence-corrected chi connectivity index (χ2v) is 7.70. The predicted molar refractivity (Wildman–Crippen MR) is 94.9 cm³/mol. The molecule has 1 heterocycles. The van der Waals surface area contributed by atoms with Gasteiger partial charge in [-0.1, -0.05) is 30.0 Å². The molecule has 5 nitrogen and oxygen atoms in total. The Labute approximate surface area is 145 Å². The number of aromatic nitrogens is 3. The van der Waals surface area contributed by atoms with Crippen molar-refractivity contribution in [3.8, 4) is 0 Å². The van der Waals surface area contributed by atoms with Crippen LogP contribution in [0, 0.1) is 5.82 Å². The Morgan fingerprint density at radius 2 is 1.96 bits per heavy atom. The minimum absolute atomic E-state index is 0.0549. The van der Waals surface area contributed by atoms with Crippen LogP contribution in [0.2, 0.25) is 0 Å². The minimum Gasteiger partial charge on any atom is -0.351 e. The zero-order valence-electron chi connectivity index (χ0n) is 14.1. The molecule has 24 heavy (non-hydrogen) atoms. The Balaban J connectivity index is 1.95. The van der Waals surface area contributed by atoms with E-state index in [0.717, 1.165) is 5.56 Å². The lowest BCUT2D eigenvalue weighted by molar-refractivity contribution is -0.121. The summed E-state index contributed by atoms with van der Waals surface area (Å²) in [6.07, 6.45) is 3.56. The van der Waals surface area contributed by atoms with Crippen molar-refractivity contribution in [3.63, 3.8) is 0 Å². The highest BCUT2D eigenvalue weighted by Gasteiger charge is 2.21. The summed E-state index contributed by atoms with van der Waals surface area (Å²) in [5, 5.41) is 10.0.